The Hall–Kier alpha value is -3.44. The molecule has 4 nitrogen and oxygen atoms in total. The second kappa shape index (κ2) is 7.66. The summed E-state index contributed by atoms with van der Waals surface area (Å²) in [4.78, 5) is 16.6. The van der Waals surface area contributed by atoms with Gasteiger partial charge in [0.05, 0.1) is 0 Å². The minimum atomic E-state index is -0.320. The van der Waals surface area contributed by atoms with Crippen molar-refractivity contribution in [3.63, 3.8) is 0 Å². The van der Waals surface area contributed by atoms with Crippen LogP contribution in [0.1, 0.15) is 5.56 Å². The molecule has 1 N–H and O–H groups in total. The van der Waals surface area contributed by atoms with E-state index >= 15 is 0 Å². The fourth-order valence-electron chi connectivity index (χ4n) is 2.68. The van der Waals surface area contributed by atoms with E-state index in [0.717, 1.165) is 11.1 Å². The van der Waals surface area contributed by atoms with Crippen LogP contribution >= 0.6 is 11.6 Å². The maximum atomic E-state index is 12.9. The fourth-order valence-corrected chi connectivity index (χ4v) is 2.87. The van der Waals surface area contributed by atoms with Gasteiger partial charge in [-0.2, -0.15) is 0 Å². The smallest absolute Gasteiger partial charge is 0.248 e. The van der Waals surface area contributed by atoms with Crippen LogP contribution < -0.4 is 5.32 Å². The highest BCUT2D eigenvalue weighted by Crippen LogP contribution is 2.27. The van der Waals surface area contributed by atoms with Crippen molar-refractivity contribution in [2.45, 2.75) is 0 Å². The van der Waals surface area contributed by atoms with Crippen molar-refractivity contribution in [2.75, 3.05) is 5.32 Å². The zero-order valence-electron chi connectivity index (χ0n) is 14.5. The van der Waals surface area contributed by atoms with Crippen molar-refractivity contribution in [1.82, 2.24) is 4.98 Å². The molecule has 0 aliphatic carbocycles. The van der Waals surface area contributed by atoms with Crippen molar-refractivity contribution >= 4 is 40.4 Å². The Balaban J connectivity index is 1.51. The first-order valence-electron chi connectivity index (χ1n) is 8.48. The molecule has 0 aliphatic rings. The monoisotopic (exact) mass is 392 g/mol. The van der Waals surface area contributed by atoms with Crippen molar-refractivity contribution in [2.24, 2.45) is 0 Å². The van der Waals surface area contributed by atoms with E-state index in [1.165, 1.54) is 18.2 Å². The molecular formula is C22H14ClFN2O2. The molecule has 0 fully saturated rings. The van der Waals surface area contributed by atoms with Crippen molar-refractivity contribution < 1.29 is 13.6 Å². The number of hydrogen-bond donors (Lipinski definition) is 1. The average molecular weight is 393 g/mol. The third-order valence-electron chi connectivity index (χ3n) is 4.02. The van der Waals surface area contributed by atoms with Gasteiger partial charge in [-0.05, 0) is 60.2 Å². The quantitative estimate of drug-likeness (QED) is 0.437. The summed E-state index contributed by atoms with van der Waals surface area (Å²) in [6.45, 7) is 0. The number of fused-ring (bicyclic) bond motifs is 1. The molecule has 0 bridgehead atoms. The van der Waals surface area contributed by atoms with Gasteiger partial charge in [0.25, 0.3) is 0 Å². The number of carbonyl (C=O) groups excluding carboxylic acids is 1. The maximum Gasteiger partial charge on any atom is 0.248 e. The lowest BCUT2D eigenvalue weighted by Crippen LogP contribution is -2.07. The Morgan fingerprint density at radius 1 is 1.07 bits per heavy atom. The Morgan fingerprint density at radius 2 is 1.89 bits per heavy atom. The fraction of sp³-hybridized carbons (Fsp3) is 0. The molecule has 0 radical (unpaired) electrons. The molecule has 1 aromatic heterocycles. The molecule has 6 heteroatoms. The minimum absolute atomic E-state index is 0.303. The van der Waals surface area contributed by atoms with E-state index in [-0.39, 0.29) is 11.7 Å². The number of oxazole rings is 1. The lowest BCUT2D eigenvalue weighted by molar-refractivity contribution is -0.111. The van der Waals surface area contributed by atoms with Crippen LogP contribution in [0.4, 0.5) is 10.1 Å². The molecule has 1 heterocycles. The van der Waals surface area contributed by atoms with E-state index in [9.17, 15) is 9.18 Å². The third-order valence-corrected chi connectivity index (χ3v) is 4.26. The van der Waals surface area contributed by atoms with Gasteiger partial charge in [-0.3, -0.25) is 4.79 Å². The second-order valence-corrected chi connectivity index (χ2v) is 6.52. The van der Waals surface area contributed by atoms with E-state index in [2.05, 4.69) is 10.3 Å². The summed E-state index contributed by atoms with van der Waals surface area (Å²) in [6.07, 6.45) is 3.00. The van der Waals surface area contributed by atoms with Gasteiger partial charge in [-0.15, -0.1) is 0 Å². The van der Waals surface area contributed by atoms with Crippen molar-refractivity contribution in [3.05, 3.63) is 89.2 Å². The van der Waals surface area contributed by atoms with Crippen LogP contribution in [0.2, 0.25) is 5.02 Å². The summed E-state index contributed by atoms with van der Waals surface area (Å²) >= 11 is 6.02. The van der Waals surface area contributed by atoms with Gasteiger partial charge in [-0.25, -0.2) is 9.37 Å². The predicted octanol–water partition coefficient (Wildman–Crippen LogP) is 5.94. The van der Waals surface area contributed by atoms with Crippen LogP contribution in [0, 0.1) is 5.82 Å². The number of carbonyl (C=O) groups is 1. The summed E-state index contributed by atoms with van der Waals surface area (Å²) in [6, 6.07) is 18.3. The first-order valence-corrected chi connectivity index (χ1v) is 8.86. The number of rotatable bonds is 4. The number of hydrogen-bond acceptors (Lipinski definition) is 3. The highest BCUT2D eigenvalue weighted by atomic mass is 35.5. The molecule has 4 rings (SSSR count). The maximum absolute atomic E-state index is 12.9. The number of amides is 1. The van der Waals surface area contributed by atoms with Crippen LogP contribution in [-0.2, 0) is 4.79 Å². The van der Waals surface area contributed by atoms with Gasteiger partial charge in [0.15, 0.2) is 5.58 Å². The Bertz CT molecular complexity index is 1180. The Labute approximate surface area is 165 Å². The zero-order valence-corrected chi connectivity index (χ0v) is 15.3. The van der Waals surface area contributed by atoms with Crippen molar-refractivity contribution in [3.8, 4) is 11.5 Å². The van der Waals surface area contributed by atoms with E-state index in [4.69, 9.17) is 16.0 Å². The normalized spacial score (nSPS) is 11.2. The van der Waals surface area contributed by atoms with E-state index in [0.29, 0.717) is 27.7 Å². The summed E-state index contributed by atoms with van der Waals surface area (Å²) < 4.78 is 18.7. The Morgan fingerprint density at radius 3 is 2.68 bits per heavy atom. The summed E-state index contributed by atoms with van der Waals surface area (Å²) in [5.74, 6) is -0.168. The number of nitrogens with zero attached hydrogens (tertiary/aromatic N) is 1. The lowest BCUT2D eigenvalue weighted by atomic mass is 10.2. The number of anilines is 1. The van der Waals surface area contributed by atoms with E-state index in [1.54, 1.807) is 48.5 Å². The standard InChI is InChI=1S/C22H14ClFN2O2/c23-16-3-1-2-15(12-16)22-26-19-13-18(9-10-20(19)28-22)25-21(27)11-6-14-4-7-17(24)8-5-14/h1-13H,(H,25,27)/b11-6+. The van der Waals surface area contributed by atoms with Crippen LogP contribution in [0.3, 0.4) is 0 Å². The van der Waals surface area contributed by atoms with Gasteiger partial charge < -0.3 is 9.73 Å². The molecule has 0 saturated heterocycles. The molecule has 0 saturated carbocycles. The molecular weight excluding hydrogens is 379 g/mol. The highest BCUT2D eigenvalue weighted by Gasteiger charge is 2.10. The molecule has 28 heavy (non-hydrogen) atoms. The highest BCUT2D eigenvalue weighted by molar-refractivity contribution is 6.30. The van der Waals surface area contributed by atoms with Crippen LogP contribution in [0.15, 0.2) is 77.2 Å². The summed E-state index contributed by atoms with van der Waals surface area (Å²) in [5.41, 5.74) is 3.32. The van der Waals surface area contributed by atoms with Gasteiger partial charge in [0.1, 0.15) is 11.3 Å². The largest absolute Gasteiger partial charge is 0.436 e. The van der Waals surface area contributed by atoms with Crippen LogP contribution in [0.5, 0.6) is 0 Å². The van der Waals surface area contributed by atoms with E-state index < -0.39 is 0 Å². The number of benzene rings is 3. The molecule has 0 spiro atoms. The van der Waals surface area contributed by atoms with Crippen LogP contribution in [0.25, 0.3) is 28.6 Å². The van der Waals surface area contributed by atoms with Gasteiger partial charge in [0, 0.05) is 22.3 Å². The lowest BCUT2D eigenvalue weighted by Gasteiger charge is -2.01. The Kier molecular flexibility index (Phi) is 4.91. The molecule has 0 unspecified atom stereocenters. The number of halogens is 2. The molecule has 138 valence electrons. The molecule has 0 aliphatic heterocycles. The molecule has 1 amide bonds. The minimum Gasteiger partial charge on any atom is -0.436 e. The number of nitrogens with one attached hydrogen (secondary N) is 1. The second-order valence-electron chi connectivity index (χ2n) is 6.09. The predicted molar refractivity (Wildman–Crippen MR) is 109 cm³/mol. The van der Waals surface area contributed by atoms with Gasteiger partial charge in [0.2, 0.25) is 11.8 Å². The van der Waals surface area contributed by atoms with E-state index in [1.807, 2.05) is 12.1 Å². The summed E-state index contributed by atoms with van der Waals surface area (Å²) in [7, 11) is 0. The van der Waals surface area contributed by atoms with Gasteiger partial charge >= 0.3 is 0 Å². The third kappa shape index (κ3) is 4.10. The SMILES string of the molecule is O=C(/C=C/c1ccc(F)cc1)Nc1ccc2oc(-c3cccc(Cl)c3)nc2c1. The summed E-state index contributed by atoms with van der Waals surface area (Å²) in [5, 5.41) is 3.37. The average Bonchev–Trinajstić information content (AvgIpc) is 3.11. The zero-order chi connectivity index (χ0) is 19.5. The number of aromatic nitrogens is 1. The molecule has 4 aromatic rings. The van der Waals surface area contributed by atoms with Gasteiger partial charge in [-0.1, -0.05) is 29.8 Å². The first kappa shape index (κ1) is 17.9. The molecule has 0 atom stereocenters. The van der Waals surface area contributed by atoms with Crippen LogP contribution in [-0.4, -0.2) is 10.9 Å². The van der Waals surface area contributed by atoms with Crippen molar-refractivity contribution in [1.29, 1.82) is 0 Å². The topological polar surface area (TPSA) is 55.1 Å². The molecule has 3 aromatic carbocycles. The first-order chi connectivity index (χ1) is 13.6.